The largest absolute Gasteiger partial charge is 0.102 e. The molecule has 0 aliphatic heterocycles. The van der Waals surface area contributed by atoms with E-state index in [2.05, 4.69) is 105 Å². The van der Waals surface area contributed by atoms with Gasteiger partial charge in [0.2, 0.25) is 0 Å². The van der Waals surface area contributed by atoms with Gasteiger partial charge in [0.25, 0.3) is 0 Å². The van der Waals surface area contributed by atoms with Crippen LogP contribution in [-0.2, 0) is 0 Å². The smallest absolute Gasteiger partial charge is 0.00330 e. The van der Waals surface area contributed by atoms with Gasteiger partial charge in [-0.15, -0.1) is 6.58 Å². The van der Waals surface area contributed by atoms with Gasteiger partial charge in [0.1, 0.15) is 0 Å². The van der Waals surface area contributed by atoms with Crippen LogP contribution in [0, 0.1) is 11.3 Å². The quantitative estimate of drug-likeness (QED) is 0.235. The second kappa shape index (κ2) is 16.2. The molecular weight excluding hydrogens is 360 g/mol. The highest BCUT2D eigenvalue weighted by molar-refractivity contribution is 5.10. The van der Waals surface area contributed by atoms with Crippen LogP contribution in [0.1, 0.15) is 107 Å². The zero-order valence-corrected chi connectivity index (χ0v) is 21.5. The predicted octanol–water partition coefficient (Wildman–Crippen LogP) is 10.3. The lowest BCUT2D eigenvalue weighted by Gasteiger charge is -2.21. The fraction of sp³-hybridized carbons (Fsp3) is 0.600. The molecule has 0 saturated heterocycles. The minimum Gasteiger partial charge on any atom is -0.102 e. The highest BCUT2D eigenvalue weighted by Gasteiger charge is 2.15. The van der Waals surface area contributed by atoms with E-state index < -0.39 is 0 Å². The molecule has 0 aromatic heterocycles. The Balaban J connectivity index is 4.45. The third-order valence-corrected chi connectivity index (χ3v) is 5.74. The van der Waals surface area contributed by atoms with Gasteiger partial charge in [-0.3, -0.25) is 0 Å². The number of rotatable bonds is 15. The Hall–Kier alpha value is -1.56. The molecule has 0 heteroatoms. The molecule has 0 aliphatic carbocycles. The molecule has 0 bridgehead atoms. The first kappa shape index (κ1) is 28.4. The molecule has 0 heterocycles. The van der Waals surface area contributed by atoms with Gasteiger partial charge >= 0.3 is 0 Å². The van der Waals surface area contributed by atoms with Crippen molar-refractivity contribution in [2.24, 2.45) is 11.3 Å². The maximum absolute atomic E-state index is 4.11. The summed E-state index contributed by atoms with van der Waals surface area (Å²) in [6.45, 7) is 22.0. The van der Waals surface area contributed by atoms with Crippen LogP contribution in [0.2, 0.25) is 0 Å². The van der Waals surface area contributed by atoms with Gasteiger partial charge in [0, 0.05) is 5.41 Å². The molecule has 0 amide bonds. The molecule has 0 aromatic carbocycles. The van der Waals surface area contributed by atoms with Crippen LogP contribution >= 0.6 is 0 Å². The van der Waals surface area contributed by atoms with E-state index in [1.807, 2.05) is 0 Å². The molecule has 30 heavy (non-hydrogen) atoms. The summed E-state index contributed by atoms with van der Waals surface area (Å²) in [6.07, 6.45) is 25.7. The van der Waals surface area contributed by atoms with Crippen molar-refractivity contribution in [3.8, 4) is 0 Å². The molecule has 0 nitrogen and oxygen atoms in total. The zero-order valence-electron chi connectivity index (χ0n) is 21.5. The van der Waals surface area contributed by atoms with Crippen molar-refractivity contribution in [3.63, 3.8) is 0 Å². The van der Waals surface area contributed by atoms with Crippen LogP contribution in [-0.4, -0.2) is 0 Å². The van der Waals surface area contributed by atoms with Gasteiger partial charge in [0.05, 0.1) is 0 Å². The lowest BCUT2D eigenvalue weighted by atomic mass is 9.83. The highest BCUT2D eigenvalue weighted by Crippen LogP contribution is 2.28. The van der Waals surface area contributed by atoms with Crippen molar-refractivity contribution >= 4 is 0 Å². The first-order chi connectivity index (χ1) is 14.1. The molecule has 0 fully saturated rings. The van der Waals surface area contributed by atoms with Crippen LogP contribution in [0.25, 0.3) is 0 Å². The van der Waals surface area contributed by atoms with Gasteiger partial charge in [-0.05, 0) is 98.8 Å². The van der Waals surface area contributed by atoms with Gasteiger partial charge in [-0.1, -0.05) is 78.7 Å². The standard InChI is InChI=1S/C30H50/c1-10-30(9,23-14-21-28(7)18-12-16-26(4)5)24-22-29(8)20-13-19-27(6)17-11-15-25(2)3/h10,15-16,19,21-22,24,29H,1,11-14,17-18,20,23H2,2-9H3/b24-22+,27-19+,28-21+/t29-,30-/m1/s1. The minimum absolute atomic E-state index is 0.0844. The summed E-state index contributed by atoms with van der Waals surface area (Å²) in [6, 6.07) is 0. The molecule has 170 valence electrons. The normalized spacial score (nSPS) is 15.6. The Morgan fingerprint density at radius 1 is 0.767 bits per heavy atom. The highest BCUT2D eigenvalue weighted by atomic mass is 14.2. The Morgan fingerprint density at radius 3 is 1.73 bits per heavy atom. The average Bonchev–Trinajstić information content (AvgIpc) is 2.66. The number of allylic oxidation sites excluding steroid dienone is 11. The van der Waals surface area contributed by atoms with Crippen molar-refractivity contribution in [2.75, 3.05) is 0 Å². The predicted molar refractivity (Wildman–Crippen MR) is 140 cm³/mol. The van der Waals surface area contributed by atoms with Crippen molar-refractivity contribution in [2.45, 2.75) is 107 Å². The Labute approximate surface area is 189 Å². The summed E-state index contributed by atoms with van der Waals surface area (Å²) >= 11 is 0. The SMILES string of the molecule is C=C[C@@](C)(/C=C/[C@H](C)CC/C=C(\C)CCC=C(C)C)CC/C=C(\C)CCC=C(C)C. The van der Waals surface area contributed by atoms with Crippen molar-refractivity contribution in [1.82, 2.24) is 0 Å². The first-order valence-electron chi connectivity index (χ1n) is 12.0. The summed E-state index contributed by atoms with van der Waals surface area (Å²) in [5.74, 6) is 0.604. The van der Waals surface area contributed by atoms with Crippen molar-refractivity contribution in [3.05, 3.63) is 71.4 Å². The molecule has 0 spiro atoms. The van der Waals surface area contributed by atoms with Crippen molar-refractivity contribution in [1.29, 1.82) is 0 Å². The van der Waals surface area contributed by atoms with E-state index in [0.717, 1.165) is 19.3 Å². The maximum atomic E-state index is 4.11. The molecule has 0 aliphatic rings. The average molecular weight is 411 g/mol. The summed E-state index contributed by atoms with van der Waals surface area (Å²) in [4.78, 5) is 0. The molecule has 0 rings (SSSR count). The van der Waals surface area contributed by atoms with E-state index >= 15 is 0 Å². The first-order valence-corrected chi connectivity index (χ1v) is 12.0. The number of hydrogen-bond donors (Lipinski definition) is 0. The molecular formula is C30H50. The second-order valence-corrected chi connectivity index (χ2v) is 9.90. The molecule has 0 unspecified atom stereocenters. The van der Waals surface area contributed by atoms with E-state index in [9.17, 15) is 0 Å². The van der Waals surface area contributed by atoms with Crippen molar-refractivity contribution < 1.29 is 0 Å². The van der Waals surface area contributed by atoms with E-state index in [4.69, 9.17) is 0 Å². The fourth-order valence-electron chi connectivity index (χ4n) is 3.34. The Morgan fingerprint density at radius 2 is 1.27 bits per heavy atom. The fourth-order valence-corrected chi connectivity index (χ4v) is 3.34. The molecule has 2 atom stereocenters. The van der Waals surface area contributed by atoms with Gasteiger partial charge < -0.3 is 0 Å². The minimum atomic E-state index is 0.0844. The van der Waals surface area contributed by atoms with Gasteiger partial charge in [0.15, 0.2) is 0 Å². The topological polar surface area (TPSA) is 0 Å². The molecule has 0 aromatic rings. The second-order valence-electron chi connectivity index (χ2n) is 9.90. The monoisotopic (exact) mass is 410 g/mol. The summed E-state index contributed by atoms with van der Waals surface area (Å²) in [7, 11) is 0. The van der Waals surface area contributed by atoms with Crippen LogP contribution in [0.15, 0.2) is 71.4 Å². The Kier molecular flexibility index (Phi) is 15.3. The van der Waals surface area contributed by atoms with E-state index in [0.29, 0.717) is 5.92 Å². The maximum Gasteiger partial charge on any atom is 0.00330 e. The van der Waals surface area contributed by atoms with Crippen LogP contribution < -0.4 is 0 Å². The summed E-state index contributed by atoms with van der Waals surface area (Å²) in [5, 5.41) is 0. The summed E-state index contributed by atoms with van der Waals surface area (Å²) < 4.78 is 0. The van der Waals surface area contributed by atoms with E-state index in [1.165, 1.54) is 54.4 Å². The third-order valence-electron chi connectivity index (χ3n) is 5.74. The van der Waals surface area contributed by atoms with E-state index in [1.54, 1.807) is 0 Å². The van der Waals surface area contributed by atoms with Gasteiger partial charge in [-0.2, -0.15) is 0 Å². The zero-order chi connectivity index (χ0) is 23.0. The number of hydrogen-bond acceptors (Lipinski definition) is 0. The lowest BCUT2D eigenvalue weighted by Crippen LogP contribution is -2.09. The molecule has 0 saturated carbocycles. The van der Waals surface area contributed by atoms with Crippen LogP contribution in [0.5, 0.6) is 0 Å². The Bertz CT molecular complexity index is 627. The van der Waals surface area contributed by atoms with Crippen LogP contribution in [0.4, 0.5) is 0 Å². The lowest BCUT2D eigenvalue weighted by molar-refractivity contribution is 0.499. The molecule has 0 N–H and O–H groups in total. The summed E-state index contributed by atoms with van der Waals surface area (Å²) in [5.41, 5.74) is 5.94. The molecule has 0 radical (unpaired) electrons. The van der Waals surface area contributed by atoms with E-state index in [-0.39, 0.29) is 5.41 Å². The van der Waals surface area contributed by atoms with Crippen LogP contribution in [0.3, 0.4) is 0 Å². The van der Waals surface area contributed by atoms with Gasteiger partial charge in [-0.25, -0.2) is 0 Å². The third kappa shape index (κ3) is 16.3.